The van der Waals surface area contributed by atoms with Crippen LogP contribution in [0.2, 0.25) is 0 Å². The zero-order valence-electron chi connectivity index (χ0n) is 11.9. The largest absolute Gasteiger partial charge is 0.387 e. The van der Waals surface area contributed by atoms with Gasteiger partial charge in [0, 0.05) is 25.1 Å². The summed E-state index contributed by atoms with van der Waals surface area (Å²) in [6.45, 7) is 2.42. The summed E-state index contributed by atoms with van der Waals surface area (Å²) >= 11 is 0. The zero-order valence-corrected chi connectivity index (χ0v) is 11.9. The van der Waals surface area contributed by atoms with Crippen LogP contribution in [0.5, 0.6) is 0 Å². The summed E-state index contributed by atoms with van der Waals surface area (Å²) in [6.07, 6.45) is 2.18. The lowest BCUT2D eigenvalue weighted by atomic mass is 10.1. The molecule has 1 saturated heterocycles. The quantitative estimate of drug-likeness (QED) is 0.822. The van der Waals surface area contributed by atoms with Gasteiger partial charge in [-0.25, -0.2) is 0 Å². The third kappa shape index (κ3) is 2.92. The first kappa shape index (κ1) is 14.1. The van der Waals surface area contributed by atoms with Crippen molar-refractivity contribution in [3.63, 3.8) is 0 Å². The van der Waals surface area contributed by atoms with Gasteiger partial charge in [-0.2, -0.15) is 0 Å². The predicted molar refractivity (Wildman–Crippen MR) is 72.6 cm³/mol. The number of aliphatic hydroxyl groups excluding tert-OH is 1. The number of likely N-dealkylation sites (tertiary alicyclic amines) is 1. The van der Waals surface area contributed by atoms with Crippen LogP contribution in [0, 0.1) is 5.92 Å². The smallest absolute Gasteiger partial charge is 0.273 e. The van der Waals surface area contributed by atoms with Crippen molar-refractivity contribution < 1.29 is 19.2 Å². The van der Waals surface area contributed by atoms with E-state index in [1.807, 2.05) is 6.92 Å². The Kier molecular flexibility index (Phi) is 3.67. The molecule has 7 nitrogen and oxygen atoms in total. The number of nitrogens with one attached hydrogen (secondary N) is 1. The molecule has 7 heteroatoms. The number of amides is 2. The minimum atomic E-state index is -0.499. The molecular weight excluding hydrogens is 274 g/mol. The fraction of sp³-hybridized carbons (Fsp3) is 0.643. The second kappa shape index (κ2) is 5.48. The average Bonchev–Trinajstić information content (AvgIpc) is 3.09. The summed E-state index contributed by atoms with van der Waals surface area (Å²) < 4.78 is 5.17. The van der Waals surface area contributed by atoms with Crippen LogP contribution < -0.4 is 5.32 Å². The lowest BCUT2D eigenvalue weighted by Gasteiger charge is -2.15. The number of rotatable bonds is 4. The fourth-order valence-corrected chi connectivity index (χ4v) is 2.66. The SMILES string of the molecule is C[C@H]1CN(C(=O)CO)C[C@H]1NC(=O)c1cc(C2CC2)on1. The summed E-state index contributed by atoms with van der Waals surface area (Å²) in [5.41, 5.74) is 0.288. The highest BCUT2D eigenvalue weighted by Crippen LogP contribution is 2.40. The number of aliphatic hydroxyl groups is 1. The predicted octanol–water partition coefficient (Wildman–Crippen LogP) is 0.121. The van der Waals surface area contributed by atoms with Crippen LogP contribution in [0.3, 0.4) is 0 Å². The Morgan fingerprint density at radius 3 is 2.90 bits per heavy atom. The van der Waals surface area contributed by atoms with Crippen LogP contribution in [0.25, 0.3) is 0 Å². The van der Waals surface area contributed by atoms with Crippen LogP contribution >= 0.6 is 0 Å². The van der Waals surface area contributed by atoms with Gasteiger partial charge in [-0.05, 0) is 18.8 Å². The van der Waals surface area contributed by atoms with E-state index in [4.69, 9.17) is 9.63 Å². The van der Waals surface area contributed by atoms with Gasteiger partial charge in [-0.1, -0.05) is 12.1 Å². The Hall–Kier alpha value is -1.89. The first-order valence-electron chi connectivity index (χ1n) is 7.24. The summed E-state index contributed by atoms with van der Waals surface area (Å²) in [6, 6.07) is 1.57. The Morgan fingerprint density at radius 2 is 2.24 bits per heavy atom. The van der Waals surface area contributed by atoms with Crippen molar-refractivity contribution in [2.24, 2.45) is 5.92 Å². The molecule has 0 unspecified atom stereocenters. The van der Waals surface area contributed by atoms with Crippen molar-refractivity contribution in [2.45, 2.75) is 31.7 Å². The van der Waals surface area contributed by atoms with Crippen LogP contribution in [0.4, 0.5) is 0 Å². The Balaban J connectivity index is 1.60. The highest BCUT2D eigenvalue weighted by atomic mass is 16.5. The standard InChI is InChI=1S/C14H19N3O4/c1-8-5-17(13(19)7-18)6-11(8)15-14(20)10-4-12(21-16-10)9-2-3-9/h4,8-9,11,18H,2-3,5-7H2,1H3,(H,15,20)/t8-,11+/m0/s1. The summed E-state index contributed by atoms with van der Waals surface area (Å²) in [5, 5.41) is 15.6. The maximum Gasteiger partial charge on any atom is 0.273 e. The fourth-order valence-electron chi connectivity index (χ4n) is 2.66. The normalized spacial score (nSPS) is 25.1. The monoisotopic (exact) mass is 293 g/mol. The molecule has 21 heavy (non-hydrogen) atoms. The van der Waals surface area contributed by atoms with Crippen molar-refractivity contribution >= 4 is 11.8 Å². The zero-order chi connectivity index (χ0) is 15.0. The first-order chi connectivity index (χ1) is 10.1. The van der Waals surface area contributed by atoms with Gasteiger partial charge in [0.2, 0.25) is 5.91 Å². The Labute approximate surface area is 122 Å². The van der Waals surface area contributed by atoms with Gasteiger partial charge < -0.3 is 19.8 Å². The van der Waals surface area contributed by atoms with E-state index in [0.29, 0.717) is 19.0 Å². The average molecular weight is 293 g/mol. The Morgan fingerprint density at radius 1 is 1.48 bits per heavy atom. The number of hydrogen-bond donors (Lipinski definition) is 2. The van der Waals surface area contributed by atoms with Gasteiger partial charge in [0.25, 0.3) is 5.91 Å². The molecular formula is C14H19N3O4. The maximum absolute atomic E-state index is 12.2. The van der Waals surface area contributed by atoms with E-state index < -0.39 is 6.61 Å². The molecule has 0 bridgehead atoms. The second-order valence-electron chi connectivity index (χ2n) is 5.90. The molecule has 0 spiro atoms. The molecule has 1 aromatic rings. The lowest BCUT2D eigenvalue weighted by molar-refractivity contribution is -0.133. The molecule has 1 aliphatic carbocycles. The number of nitrogens with zero attached hydrogens (tertiary/aromatic N) is 2. The third-order valence-electron chi connectivity index (χ3n) is 4.16. The molecule has 2 heterocycles. The number of carbonyl (C=O) groups is 2. The number of carbonyl (C=O) groups excluding carboxylic acids is 2. The van der Waals surface area contributed by atoms with Crippen LogP contribution in [0.15, 0.2) is 10.6 Å². The molecule has 2 aliphatic rings. The third-order valence-corrected chi connectivity index (χ3v) is 4.16. The molecule has 0 aromatic carbocycles. The van der Waals surface area contributed by atoms with Crippen molar-refractivity contribution in [1.29, 1.82) is 0 Å². The van der Waals surface area contributed by atoms with E-state index in [1.165, 1.54) is 0 Å². The van der Waals surface area contributed by atoms with Crippen LogP contribution in [-0.2, 0) is 4.79 Å². The lowest BCUT2D eigenvalue weighted by Crippen LogP contribution is -2.41. The molecule has 2 atom stereocenters. The van der Waals surface area contributed by atoms with E-state index in [0.717, 1.165) is 18.6 Å². The van der Waals surface area contributed by atoms with Crippen LogP contribution in [0.1, 0.15) is 41.9 Å². The maximum atomic E-state index is 12.2. The minimum absolute atomic E-state index is 0.130. The van der Waals surface area contributed by atoms with Crippen molar-refractivity contribution in [3.8, 4) is 0 Å². The second-order valence-corrected chi connectivity index (χ2v) is 5.90. The van der Waals surface area contributed by atoms with Crippen LogP contribution in [-0.4, -0.2) is 52.7 Å². The molecule has 1 aromatic heterocycles. The molecule has 0 radical (unpaired) electrons. The van der Waals surface area contributed by atoms with Gasteiger partial charge >= 0.3 is 0 Å². The molecule has 2 amide bonds. The van der Waals surface area contributed by atoms with Crippen molar-refractivity contribution in [3.05, 3.63) is 17.5 Å². The van der Waals surface area contributed by atoms with Gasteiger partial charge in [0.15, 0.2) is 5.69 Å². The molecule has 3 rings (SSSR count). The van der Waals surface area contributed by atoms with E-state index in [1.54, 1.807) is 11.0 Å². The van der Waals surface area contributed by atoms with Gasteiger partial charge in [-0.3, -0.25) is 9.59 Å². The van der Waals surface area contributed by atoms with E-state index in [9.17, 15) is 9.59 Å². The summed E-state index contributed by atoms with van der Waals surface area (Å²) in [4.78, 5) is 25.2. The molecule has 114 valence electrons. The van der Waals surface area contributed by atoms with E-state index in [-0.39, 0.29) is 29.5 Å². The van der Waals surface area contributed by atoms with Gasteiger partial charge in [0.1, 0.15) is 12.4 Å². The topological polar surface area (TPSA) is 95.7 Å². The highest BCUT2D eigenvalue weighted by molar-refractivity contribution is 5.92. The van der Waals surface area contributed by atoms with Crippen molar-refractivity contribution in [2.75, 3.05) is 19.7 Å². The summed E-state index contributed by atoms with van der Waals surface area (Å²) in [7, 11) is 0. The molecule has 2 fully saturated rings. The molecule has 1 saturated carbocycles. The minimum Gasteiger partial charge on any atom is -0.387 e. The summed E-state index contributed by atoms with van der Waals surface area (Å²) in [5.74, 6) is 0.745. The first-order valence-corrected chi connectivity index (χ1v) is 7.24. The van der Waals surface area contributed by atoms with E-state index >= 15 is 0 Å². The number of aromatic nitrogens is 1. The van der Waals surface area contributed by atoms with E-state index in [2.05, 4.69) is 10.5 Å². The van der Waals surface area contributed by atoms with Gasteiger partial charge in [0.05, 0.1) is 6.04 Å². The van der Waals surface area contributed by atoms with Crippen molar-refractivity contribution in [1.82, 2.24) is 15.4 Å². The molecule has 1 aliphatic heterocycles. The molecule has 2 N–H and O–H groups in total. The van der Waals surface area contributed by atoms with Gasteiger partial charge in [-0.15, -0.1) is 0 Å². The number of hydrogen-bond acceptors (Lipinski definition) is 5. The Bertz CT molecular complexity index is 552. The highest BCUT2D eigenvalue weighted by Gasteiger charge is 2.34.